The molecule has 0 amide bonds. The van der Waals surface area contributed by atoms with Crippen LogP contribution >= 0.6 is 0 Å². The number of allylic oxidation sites excluding steroid dienone is 8. The second-order valence-electron chi connectivity index (χ2n) is 13.6. The average molecular weight is 636 g/mol. The first-order valence-electron chi connectivity index (χ1n) is 20.2. The number of nitrogens with one attached hydrogen (secondary N) is 2. The summed E-state index contributed by atoms with van der Waals surface area (Å²) in [6.45, 7) is 5.66. The van der Waals surface area contributed by atoms with Crippen molar-refractivity contribution in [1.82, 2.24) is 15.3 Å². The van der Waals surface area contributed by atoms with Gasteiger partial charge in [-0.15, -0.1) is 0 Å². The summed E-state index contributed by atoms with van der Waals surface area (Å²) in [4.78, 5) is 7.41. The lowest BCUT2D eigenvalue weighted by Gasteiger charge is -2.19. The van der Waals surface area contributed by atoms with Crippen LogP contribution in [0.5, 0.6) is 0 Å². The van der Waals surface area contributed by atoms with E-state index in [1.54, 1.807) is 6.33 Å². The van der Waals surface area contributed by atoms with E-state index in [1.807, 2.05) is 6.20 Å². The maximum atomic E-state index is 4.16. The van der Waals surface area contributed by atoms with Crippen LogP contribution in [0, 0.1) is 0 Å². The zero-order valence-electron chi connectivity index (χ0n) is 30.8. The van der Waals surface area contributed by atoms with E-state index in [9.17, 15) is 0 Å². The van der Waals surface area contributed by atoms with Crippen molar-refractivity contribution < 1.29 is 0 Å². The zero-order chi connectivity index (χ0) is 32.9. The SMILES string of the molecule is CCCCC/C=C\C/C=C\CCCCCCCCC(CCCCCCCC/C=C\C/C=C\CCCCC)NCCCc1cnc[nH]1. The van der Waals surface area contributed by atoms with Crippen molar-refractivity contribution in [3.8, 4) is 0 Å². The van der Waals surface area contributed by atoms with Crippen LogP contribution in [0.1, 0.15) is 193 Å². The first-order valence-corrected chi connectivity index (χ1v) is 20.2. The van der Waals surface area contributed by atoms with Gasteiger partial charge in [-0.25, -0.2) is 4.98 Å². The summed E-state index contributed by atoms with van der Waals surface area (Å²) in [6, 6.07) is 0.693. The van der Waals surface area contributed by atoms with Gasteiger partial charge >= 0.3 is 0 Å². The Morgan fingerprint density at radius 2 is 0.978 bits per heavy atom. The normalized spacial score (nSPS) is 12.4. The monoisotopic (exact) mass is 636 g/mol. The molecule has 0 spiro atoms. The lowest BCUT2D eigenvalue weighted by atomic mass is 9.99. The molecule has 264 valence electrons. The van der Waals surface area contributed by atoms with Gasteiger partial charge in [-0.1, -0.05) is 152 Å². The van der Waals surface area contributed by atoms with E-state index in [1.165, 1.54) is 166 Å². The van der Waals surface area contributed by atoms with E-state index >= 15 is 0 Å². The molecule has 3 heteroatoms. The Bertz CT molecular complexity index is 771. The molecule has 0 aliphatic rings. The number of unbranched alkanes of at least 4 members (excludes halogenated alkanes) is 18. The Labute approximate surface area is 287 Å². The van der Waals surface area contributed by atoms with Crippen LogP contribution in [0.2, 0.25) is 0 Å². The molecule has 1 heterocycles. The molecule has 0 bridgehead atoms. The summed E-state index contributed by atoms with van der Waals surface area (Å²) >= 11 is 0. The Morgan fingerprint density at radius 1 is 0.543 bits per heavy atom. The fourth-order valence-electron chi connectivity index (χ4n) is 6.11. The summed E-state index contributed by atoms with van der Waals surface area (Å²) in [5, 5.41) is 3.93. The Hall–Kier alpha value is -1.87. The molecular formula is C43H77N3. The predicted molar refractivity (Wildman–Crippen MR) is 207 cm³/mol. The highest BCUT2D eigenvalue weighted by atomic mass is 14.9. The highest BCUT2D eigenvalue weighted by Crippen LogP contribution is 2.16. The maximum Gasteiger partial charge on any atom is 0.0921 e. The Kier molecular flexibility index (Phi) is 33.0. The van der Waals surface area contributed by atoms with Crippen LogP contribution in [0.4, 0.5) is 0 Å². The fourth-order valence-corrected chi connectivity index (χ4v) is 6.11. The molecule has 0 aliphatic heterocycles. The minimum absolute atomic E-state index is 0.693. The number of rotatable bonds is 35. The van der Waals surface area contributed by atoms with Crippen molar-refractivity contribution in [2.45, 2.75) is 200 Å². The van der Waals surface area contributed by atoms with Crippen molar-refractivity contribution in [2.24, 2.45) is 0 Å². The van der Waals surface area contributed by atoms with Crippen LogP contribution in [0.25, 0.3) is 0 Å². The summed E-state index contributed by atoms with van der Waals surface area (Å²) in [7, 11) is 0. The van der Waals surface area contributed by atoms with Crippen molar-refractivity contribution in [3.05, 3.63) is 66.8 Å². The molecule has 46 heavy (non-hydrogen) atoms. The average Bonchev–Trinajstić information content (AvgIpc) is 3.59. The van der Waals surface area contributed by atoms with E-state index < -0.39 is 0 Å². The number of aromatic amines is 1. The van der Waals surface area contributed by atoms with Gasteiger partial charge in [0.25, 0.3) is 0 Å². The number of hydrogen-bond acceptors (Lipinski definition) is 2. The highest BCUT2D eigenvalue weighted by Gasteiger charge is 2.08. The van der Waals surface area contributed by atoms with E-state index in [-0.39, 0.29) is 0 Å². The molecule has 0 fully saturated rings. The highest BCUT2D eigenvalue weighted by molar-refractivity contribution is 4.94. The second-order valence-corrected chi connectivity index (χ2v) is 13.6. The predicted octanol–water partition coefficient (Wildman–Crippen LogP) is 13.7. The molecule has 0 aromatic carbocycles. The van der Waals surface area contributed by atoms with Crippen LogP contribution in [0.3, 0.4) is 0 Å². The van der Waals surface area contributed by atoms with Gasteiger partial charge in [-0.05, 0) is 96.4 Å². The summed E-state index contributed by atoms with van der Waals surface area (Å²) in [5.74, 6) is 0. The van der Waals surface area contributed by atoms with Gasteiger partial charge in [0.15, 0.2) is 0 Å². The van der Waals surface area contributed by atoms with Gasteiger partial charge in [0.1, 0.15) is 0 Å². The van der Waals surface area contributed by atoms with Gasteiger partial charge < -0.3 is 10.3 Å². The molecule has 0 aliphatic carbocycles. The zero-order valence-corrected chi connectivity index (χ0v) is 30.8. The minimum atomic E-state index is 0.693. The number of aryl methyl sites for hydroxylation is 1. The van der Waals surface area contributed by atoms with E-state index in [0.29, 0.717) is 6.04 Å². The number of nitrogens with zero attached hydrogens (tertiary/aromatic N) is 1. The van der Waals surface area contributed by atoms with Gasteiger partial charge in [0.05, 0.1) is 6.33 Å². The first kappa shape index (κ1) is 42.2. The van der Waals surface area contributed by atoms with Crippen molar-refractivity contribution in [3.63, 3.8) is 0 Å². The minimum Gasteiger partial charge on any atom is -0.348 e. The topological polar surface area (TPSA) is 40.7 Å². The number of aromatic nitrogens is 2. The standard InChI is InChI=1S/C43H77N3/c1-3-5-7-9-11-13-15-17-19-21-23-25-27-29-31-33-36-42(45-39-35-38-43-40-44-41-46-43)37-34-32-30-28-26-24-22-20-18-16-14-12-10-8-6-4-2/h11-14,17-20,40-42,45H,3-10,15-16,21-39H2,1-2H3,(H,44,46)/b13-11-,14-12-,19-17-,20-18-. The molecule has 3 nitrogen and oxygen atoms in total. The molecular weight excluding hydrogens is 558 g/mol. The van der Waals surface area contributed by atoms with E-state index in [0.717, 1.165) is 25.8 Å². The van der Waals surface area contributed by atoms with Crippen LogP contribution < -0.4 is 5.32 Å². The summed E-state index contributed by atoms with van der Waals surface area (Å²) in [5.41, 5.74) is 1.26. The molecule has 0 saturated heterocycles. The first-order chi connectivity index (χ1) is 22.9. The Balaban J connectivity index is 2.08. The summed E-state index contributed by atoms with van der Waals surface area (Å²) in [6.07, 6.45) is 59.6. The fraction of sp³-hybridized carbons (Fsp3) is 0.744. The molecule has 0 saturated carbocycles. The van der Waals surface area contributed by atoms with Gasteiger partial charge in [0, 0.05) is 17.9 Å². The third-order valence-electron chi connectivity index (χ3n) is 9.12. The molecule has 1 rings (SSSR count). The van der Waals surface area contributed by atoms with E-state index in [4.69, 9.17) is 0 Å². The third kappa shape index (κ3) is 30.8. The molecule has 1 aromatic heterocycles. The van der Waals surface area contributed by atoms with Gasteiger partial charge in [0.2, 0.25) is 0 Å². The second kappa shape index (κ2) is 36.0. The molecule has 1 aromatic rings. The van der Waals surface area contributed by atoms with Crippen LogP contribution in [0.15, 0.2) is 61.1 Å². The van der Waals surface area contributed by atoms with Gasteiger partial charge in [-0.3, -0.25) is 0 Å². The van der Waals surface area contributed by atoms with Crippen molar-refractivity contribution in [2.75, 3.05) is 6.54 Å². The Morgan fingerprint density at radius 3 is 1.41 bits per heavy atom. The molecule has 2 N–H and O–H groups in total. The number of H-pyrrole nitrogens is 1. The molecule has 0 unspecified atom stereocenters. The lowest BCUT2D eigenvalue weighted by Crippen LogP contribution is -2.30. The quantitative estimate of drug-likeness (QED) is 0.0575. The lowest BCUT2D eigenvalue weighted by molar-refractivity contribution is 0.409. The third-order valence-corrected chi connectivity index (χ3v) is 9.12. The van der Waals surface area contributed by atoms with Crippen molar-refractivity contribution >= 4 is 0 Å². The molecule has 0 radical (unpaired) electrons. The summed E-state index contributed by atoms with van der Waals surface area (Å²) < 4.78 is 0. The van der Waals surface area contributed by atoms with Crippen LogP contribution in [-0.2, 0) is 6.42 Å². The van der Waals surface area contributed by atoms with Crippen LogP contribution in [-0.4, -0.2) is 22.6 Å². The number of hydrogen-bond donors (Lipinski definition) is 2. The number of imidazole rings is 1. The molecule has 0 atom stereocenters. The largest absolute Gasteiger partial charge is 0.348 e. The van der Waals surface area contributed by atoms with Crippen molar-refractivity contribution in [1.29, 1.82) is 0 Å². The van der Waals surface area contributed by atoms with Gasteiger partial charge in [-0.2, -0.15) is 0 Å². The smallest absolute Gasteiger partial charge is 0.0921 e. The van der Waals surface area contributed by atoms with E-state index in [2.05, 4.69) is 77.7 Å². The maximum absolute atomic E-state index is 4.16.